The maximum atomic E-state index is 12.6. The van der Waals surface area contributed by atoms with Gasteiger partial charge in [-0.3, -0.25) is 9.59 Å². The molecule has 1 aromatic rings. The molecule has 3 N–H and O–H groups in total. The van der Waals surface area contributed by atoms with Gasteiger partial charge >= 0.3 is 0 Å². The second-order valence-electron chi connectivity index (χ2n) is 8.16. The van der Waals surface area contributed by atoms with Crippen molar-refractivity contribution >= 4 is 17.5 Å². The fraction of sp³-hybridized carbons (Fsp3) is 0.619. The molecule has 2 fully saturated rings. The Hall–Kier alpha value is -1.92. The lowest BCUT2D eigenvalue weighted by molar-refractivity contribution is -0.118. The van der Waals surface area contributed by atoms with Crippen LogP contribution < -0.4 is 11.1 Å². The molecule has 1 saturated carbocycles. The standard InChI is InChI=1S/C21H32N4O2/c1-24-11-13-25(14-12-24)20(27)17-5-7-18(8-6-17)23-19(26)15-21(16-22)9-3-2-4-10-21/h5-8H,2-4,9-16,22H2,1H3,(H,23,26). The van der Waals surface area contributed by atoms with Gasteiger partial charge < -0.3 is 20.9 Å². The minimum absolute atomic E-state index is 0.0143. The van der Waals surface area contributed by atoms with E-state index in [4.69, 9.17) is 5.73 Å². The zero-order valence-corrected chi connectivity index (χ0v) is 16.4. The van der Waals surface area contributed by atoms with Crippen LogP contribution in [0.2, 0.25) is 0 Å². The lowest BCUT2D eigenvalue weighted by atomic mass is 9.71. The number of nitrogens with two attached hydrogens (primary N) is 1. The molecule has 6 heteroatoms. The van der Waals surface area contributed by atoms with E-state index in [1.807, 2.05) is 17.0 Å². The van der Waals surface area contributed by atoms with Gasteiger partial charge in [-0.1, -0.05) is 19.3 Å². The number of nitrogens with one attached hydrogen (secondary N) is 1. The first-order valence-corrected chi connectivity index (χ1v) is 10.1. The van der Waals surface area contributed by atoms with Crippen LogP contribution in [0.15, 0.2) is 24.3 Å². The van der Waals surface area contributed by atoms with Crippen molar-refractivity contribution in [3.63, 3.8) is 0 Å². The van der Waals surface area contributed by atoms with Crippen molar-refractivity contribution in [2.45, 2.75) is 38.5 Å². The molecule has 0 atom stereocenters. The highest BCUT2D eigenvalue weighted by Gasteiger charge is 2.33. The number of hydrogen-bond donors (Lipinski definition) is 2. The van der Waals surface area contributed by atoms with Gasteiger partial charge in [0.15, 0.2) is 0 Å². The van der Waals surface area contributed by atoms with E-state index >= 15 is 0 Å². The molecule has 27 heavy (non-hydrogen) atoms. The number of carbonyl (C=O) groups excluding carboxylic acids is 2. The summed E-state index contributed by atoms with van der Waals surface area (Å²) in [5.41, 5.74) is 7.35. The Labute approximate surface area is 162 Å². The van der Waals surface area contributed by atoms with E-state index in [-0.39, 0.29) is 17.2 Å². The Bertz CT molecular complexity index is 645. The number of likely N-dealkylation sites (N-methyl/N-ethyl adjacent to an activating group) is 1. The quantitative estimate of drug-likeness (QED) is 0.831. The average Bonchev–Trinajstić information content (AvgIpc) is 2.69. The first kappa shape index (κ1) is 19.8. The molecular weight excluding hydrogens is 340 g/mol. The predicted molar refractivity (Wildman–Crippen MR) is 108 cm³/mol. The van der Waals surface area contributed by atoms with Gasteiger partial charge in [-0.05, 0) is 56.1 Å². The van der Waals surface area contributed by atoms with Crippen LogP contribution in [0, 0.1) is 5.41 Å². The van der Waals surface area contributed by atoms with Gasteiger partial charge in [-0.15, -0.1) is 0 Å². The highest BCUT2D eigenvalue weighted by Crippen LogP contribution is 2.38. The molecule has 1 aliphatic carbocycles. The molecule has 3 rings (SSSR count). The molecule has 148 valence electrons. The number of piperazine rings is 1. The Morgan fingerprint density at radius 2 is 1.67 bits per heavy atom. The highest BCUT2D eigenvalue weighted by atomic mass is 16.2. The highest BCUT2D eigenvalue weighted by molar-refractivity contribution is 5.96. The first-order chi connectivity index (χ1) is 13.0. The van der Waals surface area contributed by atoms with Gasteiger partial charge in [-0.25, -0.2) is 0 Å². The summed E-state index contributed by atoms with van der Waals surface area (Å²) in [4.78, 5) is 29.2. The molecule has 1 aromatic carbocycles. The second kappa shape index (κ2) is 8.85. The van der Waals surface area contributed by atoms with E-state index in [2.05, 4.69) is 17.3 Å². The summed E-state index contributed by atoms with van der Waals surface area (Å²) >= 11 is 0. The molecule has 1 heterocycles. The third-order valence-electron chi connectivity index (χ3n) is 6.09. The summed E-state index contributed by atoms with van der Waals surface area (Å²) in [6.07, 6.45) is 6.11. The number of hydrogen-bond acceptors (Lipinski definition) is 4. The van der Waals surface area contributed by atoms with E-state index in [0.717, 1.165) is 57.5 Å². The molecule has 1 aliphatic heterocycles. The fourth-order valence-electron chi connectivity index (χ4n) is 4.19. The minimum atomic E-state index is -0.0420. The van der Waals surface area contributed by atoms with Crippen LogP contribution in [0.3, 0.4) is 0 Å². The van der Waals surface area contributed by atoms with E-state index in [1.54, 1.807) is 12.1 Å². The average molecular weight is 373 g/mol. The van der Waals surface area contributed by atoms with Crippen LogP contribution in [0.1, 0.15) is 48.9 Å². The van der Waals surface area contributed by atoms with E-state index < -0.39 is 0 Å². The maximum absolute atomic E-state index is 12.6. The summed E-state index contributed by atoms with van der Waals surface area (Å²) in [5, 5.41) is 2.97. The summed E-state index contributed by atoms with van der Waals surface area (Å²) in [7, 11) is 2.07. The van der Waals surface area contributed by atoms with E-state index in [1.165, 1.54) is 6.42 Å². The maximum Gasteiger partial charge on any atom is 0.253 e. The van der Waals surface area contributed by atoms with Crippen LogP contribution in [0.4, 0.5) is 5.69 Å². The normalized spacial score (nSPS) is 20.3. The van der Waals surface area contributed by atoms with E-state index in [0.29, 0.717) is 18.5 Å². The monoisotopic (exact) mass is 372 g/mol. The van der Waals surface area contributed by atoms with Crippen molar-refractivity contribution in [1.82, 2.24) is 9.80 Å². The van der Waals surface area contributed by atoms with Gasteiger partial charge in [-0.2, -0.15) is 0 Å². The smallest absolute Gasteiger partial charge is 0.253 e. The van der Waals surface area contributed by atoms with Gasteiger partial charge in [0.05, 0.1) is 0 Å². The van der Waals surface area contributed by atoms with Crippen molar-refractivity contribution in [3.05, 3.63) is 29.8 Å². The number of anilines is 1. The fourth-order valence-corrected chi connectivity index (χ4v) is 4.19. The number of rotatable bonds is 5. The molecule has 1 saturated heterocycles. The molecule has 0 spiro atoms. The lowest BCUT2D eigenvalue weighted by Crippen LogP contribution is -2.47. The lowest BCUT2D eigenvalue weighted by Gasteiger charge is -2.35. The van der Waals surface area contributed by atoms with Gasteiger partial charge in [0.25, 0.3) is 5.91 Å². The molecule has 0 bridgehead atoms. The summed E-state index contributed by atoms with van der Waals surface area (Å²) in [5.74, 6) is 0.0748. The zero-order chi connectivity index (χ0) is 19.3. The molecule has 2 amide bonds. The topological polar surface area (TPSA) is 78.7 Å². The first-order valence-electron chi connectivity index (χ1n) is 10.1. The number of benzene rings is 1. The number of nitrogens with zero attached hydrogens (tertiary/aromatic N) is 2. The van der Waals surface area contributed by atoms with Crippen molar-refractivity contribution in [2.75, 3.05) is 45.1 Å². The third-order valence-corrected chi connectivity index (χ3v) is 6.09. The SMILES string of the molecule is CN1CCN(C(=O)c2ccc(NC(=O)CC3(CN)CCCCC3)cc2)CC1. The van der Waals surface area contributed by atoms with Crippen LogP contribution in [-0.2, 0) is 4.79 Å². The van der Waals surface area contributed by atoms with Gasteiger partial charge in [0.2, 0.25) is 5.91 Å². The summed E-state index contributed by atoms with van der Waals surface area (Å²) in [6.45, 7) is 3.90. The van der Waals surface area contributed by atoms with E-state index in [9.17, 15) is 9.59 Å². The largest absolute Gasteiger partial charge is 0.336 e. The number of carbonyl (C=O) groups is 2. The number of amides is 2. The van der Waals surface area contributed by atoms with Crippen LogP contribution in [0.5, 0.6) is 0 Å². The second-order valence-corrected chi connectivity index (χ2v) is 8.16. The Morgan fingerprint density at radius 3 is 2.26 bits per heavy atom. The molecule has 0 radical (unpaired) electrons. The minimum Gasteiger partial charge on any atom is -0.336 e. The summed E-state index contributed by atoms with van der Waals surface area (Å²) in [6, 6.07) is 7.24. The van der Waals surface area contributed by atoms with Crippen LogP contribution in [-0.4, -0.2) is 61.4 Å². The Balaban J connectivity index is 1.55. The van der Waals surface area contributed by atoms with Crippen LogP contribution >= 0.6 is 0 Å². The Kier molecular flexibility index (Phi) is 6.50. The molecule has 6 nitrogen and oxygen atoms in total. The molecular formula is C21H32N4O2. The zero-order valence-electron chi connectivity index (χ0n) is 16.4. The van der Waals surface area contributed by atoms with Crippen molar-refractivity contribution in [1.29, 1.82) is 0 Å². The molecule has 0 unspecified atom stereocenters. The van der Waals surface area contributed by atoms with Crippen molar-refractivity contribution in [2.24, 2.45) is 11.1 Å². The third kappa shape index (κ3) is 5.08. The van der Waals surface area contributed by atoms with Crippen LogP contribution in [0.25, 0.3) is 0 Å². The van der Waals surface area contributed by atoms with Crippen molar-refractivity contribution < 1.29 is 9.59 Å². The van der Waals surface area contributed by atoms with Crippen molar-refractivity contribution in [3.8, 4) is 0 Å². The summed E-state index contributed by atoms with van der Waals surface area (Å²) < 4.78 is 0. The Morgan fingerprint density at radius 1 is 1.04 bits per heavy atom. The molecule has 0 aromatic heterocycles. The van der Waals surface area contributed by atoms with Gasteiger partial charge in [0.1, 0.15) is 0 Å². The van der Waals surface area contributed by atoms with Gasteiger partial charge in [0, 0.05) is 43.9 Å². The predicted octanol–water partition coefficient (Wildman–Crippen LogP) is 2.31. The molecule has 2 aliphatic rings.